The van der Waals surface area contributed by atoms with Crippen LogP contribution in [0.1, 0.15) is 20.3 Å². The Bertz CT molecular complexity index is 1180. The van der Waals surface area contributed by atoms with Gasteiger partial charge in [0.25, 0.3) is 0 Å². The minimum Gasteiger partial charge on any atom is -0.466 e. The highest BCUT2D eigenvalue weighted by Gasteiger charge is 2.74. The molecule has 42 heavy (non-hydrogen) atoms. The van der Waals surface area contributed by atoms with Gasteiger partial charge in [-0.25, -0.2) is 4.79 Å². The Labute approximate surface area is 238 Å². The normalized spacial score (nSPS) is 14.5. The van der Waals surface area contributed by atoms with Crippen molar-refractivity contribution in [3.8, 4) is 5.75 Å². The first-order chi connectivity index (χ1) is 18.9. The van der Waals surface area contributed by atoms with Crippen molar-refractivity contribution in [1.82, 2.24) is 0 Å². The second kappa shape index (κ2) is 13.2. The minimum absolute atomic E-state index is 0.418. The molecule has 20 heteroatoms. The van der Waals surface area contributed by atoms with Crippen molar-refractivity contribution < 1.29 is 76.5 Å². The maximum Gasteiger partial charge on any atom is 0.394 e. The predicted molar refractivity (Wildman–Crippen MR) is 122 cm³/mol. The lowest BCUT2D eigenvalue weighted by Gasteiger charge is -2.30. The van der Waals surface area contributed by atoms with Crippen LogP contribution in [-0.4, -0.2) is 65.3 Å². The van der Waals surface area contributed by atoms with Crippen LogP contribution in [-0.2, 0) is 19.1 Å². The number of halogens is 14. The van der Waals surface area contributed by atoms with Crippen molar-refractivity contribution in [3.63, 3.8) is 0 Å². The summed E-state index contributed by atoms with van der Waals surface area (Å²) in [6.07, 6.45) is -2.19. The highest BCUT2D eigenvalue weighted by Crippen LogP contribution is 2.52. The summed E-state index contributed by atoms with van der Waals surface area (Å²) in [6.45, 7) is 1.41. The van der Waals surface area contributed by atoms with Gasteiger partial charge < -0.3 is 14.2 Å². The van der Waals surface area contributed by atoms with Crippen molar-refractivity contribution >= 4 is 46.5 Å². The first-order valence-corrected chi connectivity index (χ1v) is 11.7. The Balaban J connectivity index is 3.61. The fraction of sp³-hybridized carbons (Fsp3) is 0.500. The Morgan fingerprint density at radius 1 is 0.762 bits per heavy atom. The third-order valence-corrected chi connectivity index (χ3v) is 5.13. The molecule has 0 aliphatic heterocycles. The number of benzene rings is 1. The van der Waals surface area contributed by atoms with Gasteiger partial charge >= 0.3 is 46.4 Å². The summed E-state index contributed by atoms with van der Waals surface area (Å²) in [7, 11) is 0. The van der Waals surface area contributed by atoms with Crippen LogP contribution in [0.5, 0.6) is 5.75 Å². The number of hydrogen-bond acceptors (Lipinski definition) is 6. The molecule has 0 bridgehead atoms. The van der Waals surface area contributed by atoms with Crippen LogP contribution in [0.2, 0.25) is 0 Å². The molecule has 1 aromatic carbocycles. The van der Waals surface area contributed by atoms with Crippen molar-refractivity contribution in [2.24, 2.45) is 4.99 Å². The molecule has 0 aromatic heterocycles. The summed E-state index contributed by atoms with van der Waals surface area (Å²) >= 11 is 8.21. The monoisotopic (exact) mass is 673 g/mol. The number of ether oxygens (including phenoxy) is 3. The van der Waals surface area contributed by atoms with Crippen molar-refractivity contribution in [2.45, 2.75) is 54.7 Å². The number of nitrogens with zero attached hydrogens (tertiary/aromatic N) is 1. The molecule has 0 saturated carbocycles. The molecule has 6 nitrogen and oxygen atoms in total. The van der Waals surface area contributed by atoms with E-state index in [0.717, 1.165) is 6.92 Å². The number of carbonyl (C=O) groups is 2. The van der Waals surface area contributed by atoms with E-state index < -0.39 is 95.0 Å². The molecule has 0 fully saturated rings. The fourth-order valence-corrected chi connectivity index (χ4v) is 2.85. The largest absolute Gasteiger partial charge is 0.466 e. The van der Waals surface area contributed by atoms with Gasteiger partial charge in [0.2, 0.25) is 0 Å². The quantitative estimate of drug-likeness (QED) is 0.0505. The summed E-state index contributed by atoms with van der Waals surface area (Å²) in [5, 5.41) is -11.7. The molecular formula is C22H17Cl2F12NO5. The topological polar surface area (TPSA) is 74.2 Å². The van der Waals surface area contributed by atoms with Crippen LogP contribution >= 0.6 is 23.2 Å². The SMILES string of the molecule is CCOC(=O)/C=C(\Oc1ccc(N=C(CC(=O)OCC)C(F)(F)C(F)(F)C(F)(F)Cl)cc1)C(F)(F)C(F)(F)C(F)(F)Cl. The third kappa shape index (κ3) is 8.14. The number of carbonyl (C=O) groups excluding carboxylic acids is 2. The Hall–Kier alpha value is -2.89. The molecule has 0 amide bonds. The number of alkyl halides is 14. The van der Waals surface area contributed by atoms with Gasteiger partial charge in [0.1, 0.15) is 11.5 Å². The van der Waals surface area contributed by atoms with Crippen molar-refractivity contribution in [1.29, 1.82) is 0 Å². The molecule has 0 aliphatic carbocycles. The zero-order chi connectivity index (χ0) is 32.9. The van der Waals surface area contributed by atoms with E-state index in [1.165, 1.54) is 6.92 Å². The zero-order valence-electron chi connectivity index (χ0n) is 20.8. The van der Waals surface area contributed by atoms with E-state index >= 15 is 0 Å². The molecule has 0 atom stereocenters. The first kappa shape index (κ1) is 37.1. The Kier molecular flexibility index (Phi) is 11.7. The second-order valence-corrected chi connectivity index (χ2v) is 8.64. The number of hydrogen-bond donors (Lipinski definition) is 0. The first-order valence-electron chi connectivity index (χ1n) is 10.9. The van der Waals surface area contributed by atoms with Crippen LogP contribution in [0.25, 0.3) is 0 Å². The molecule has 1 aromatic rings. The lowest BCUT2D eigenvalue weighted by molar-refractivity contribution is -0.271. The van der Waals surface area contributed by atoms with Crippen LogP contribution < -0.4 is 4.74 Å². The molecule has 0 spiro atoms. The molecule has 238 valence electrons. The van der Waals surface area contributed by atoms with Gasteiger partial charge in [-0.05, 0) is 61.3 Å². The van der Waals surface area contributed by atoms with Gasteiger partial charge in [0.05, 0.1) is 31.4 Å². The molecule has 0 heterocycles. The number of rotatable bonds is 14. The summed E-state index contributed by atoms with van der Waals surface area (Å²) in [4.78, 5) is 26.3. The molecule has 0 N–H and O–H groups in total. The van der Waals surface area contributed by atoms with Gasteiger partial charge in [-0.3, -0.25) is 9.79 Å². The van der Waals surface area contributed by atoms with E-state index in [9.17, 15) is 62.3 Å². The minimum atomic E-state index is -6.37. The number of esters is 2. The molecule has 1 rings (SSSR count). The van der Waals surface area contributed by atoms with Gasteiger partial charge in [-0.2, -0.15) is 52.7 Å². The predicted octanol–water partition coefficient (Wildman–Crippen LogP) is 7.74. The second-order valence-electron chi connectivity index (χ2n) is 7.69. The molecular weight excluding hydrogens is 657 g/mol. The molecule has 0 unspecified atom stereocenters. The highest BCUT2D eigenvalue weighted by atomic mass is 35.5. The van der Waals surface area contributed by atoms with Gasteiger partial charge in [-0.15, -0.1) is 0 Å². The van der Waals surface area contributed by atoms with Crippen LogP contribution in [0.15, 0.2) is 41.1 Å². The van der Waals surface area contributed by atoms with Crippen LogP contribution in [0.3, 0.4) is 0 Å². The smallest absolute Gasteiger partial charge is 0.394 e. The van der Waals surface area contributed by atoms with Gasteiger partial charge in [-0.1, -0.05) is 0 Å². The fourth-order valence-electron chi connectivity index (χ4n) is 2.61. The number of allylic oxidation sites excluding steroid dienone is 1. The summed E-state index contributed by atoms with van der Waals surface area (Å²) in [5.41, 5.74) is -3.06. The van der Waals surface area contributed by atoms with E-state index in [4.69, 9.17) is 0 Å². The maximum absolute atomic E-state index is 14.5. The summed E-state index contributed by atoms with van der Waals surface area (Å²) in [6, 6.07) is 1.84. The van der Waals surface area contributed by atoms with E-state index in [2.05, 4.69) is 42.4 Å². The standard InChI is InChI=1S/C22H17Cl2F12NO5/c1-3-40-15(38)9-13(17(25,26)19(29,30)21(23,33)34)37-11-5-7-12(8-6-11)42-14(10-16(39)41-4-2)18(27,28)20(31,32)22(24,35)36/h5-8,10H,3-4,9H2,1-2H3/b14-10-,37-13?. The molecule has 0 radical (unpaired) electrons. The number of aliphatic imine (C=N–C) groups is 1. The Morgan fingerprint density at radius 3 is 1.64 bits per heavy atom. The third-order valence-electron chi connectivity index (χ3n) is 4.65. The zero-order valence-corrected chi connectivity index (χ0v) is 22.3. The maximum atomic E-state index is 14.5. The Morgan fingerprint density at radius 2 is 1.21 bits per heavy atom. The molecule has 0 saturated heterocycles. The van der Waals surface area contributed by atoms with E-state index in [0.29, 0.717) is 24.3 Å². The van der Waals surface area contributed by atoms with E-state index in [1.54, 1.807) is 0 Å². The van der Waals surface area contributed by atoms with Crippen LogP contribution in [0.4, 0.5) is 58.4 Å². The highest BCUT2D eigenvalue weighted by molar-refractivity contribution is 6.23. The average molecular weight is 674 g/mol. The summed E-state index contributed by atoms with van der Waals surface area (Å²) in [5.74, 6) is -31.4. The average Bonchev–Trinajstić information content (AvgIpc) is 2.83. The van der Waals surface area contributed by atoms with Crippen LogP contribution in [0, 0.1) is 0 Å². The lowest BCUT2D eigenvalue weighted by atomic mass is 10.0. The van der Waals surface area contributed by atoms with Crippen molar-refractivity contribution in [2.75, 3.05) is 13.2 Å². The van der Waals surface area contributed by atoms with Crippen molar-refractivity contribution in [3.05, 3.63) is 36.1 Å². The van der Waals surface area contributed by atoms with E-state index in [-0.39, 0.29) is 0 Å². The van der Waals surface area contributed by atoms with Gasteiger partial charge in [0.15, 0.2) is 5.76 Å². The van der Waals surface area contributed by atoms with E-state index in [1.807, 2.05) is 0 Å². The lowest BCUT2D eigenvalue weighted by Crippen LogP contribution is -2.56. The summed E-state index contributed by atoms with van der Waals surface area (Å²) < 4.78 is 178. The van der Waals surface area contributed by atoms with Gasteiger partial charge in [0, 0.05) is 0 Å². The molecule has 0 aliphatic rings.